The van der Waals surface area contributed by atoms with Crippen LogP contribution in [0.4, 0.5) is 5.69 Å². The molecule has 0 saturated carbocycles. The van der Waals surface area contributed by atoms with Gasteiger partial charge in [-0.1, -0.05) is 71.2 Å². The second kappa shape index (κ2) is 14.0. The third-order valence-corrected chi connectivity index (χ3v) is 8.17. The van der Waals surface area contributed by atoms with Gasteiger partial charge in [0.15, 0.2) is 0 Å². The Labute approximate surface area is 244 Å². The minimum Gasteiger partial charge on any atom is -0.357 e. The first kappa shape index (κ1) is 30.8. The largest absolute Gasteiger partial charge is 0.357 e. The molecular formula is C28H30Cl3N3O4S. The minimum absolute atomic E-state index is 0.00705. The van der Waals surface area contributed by atoms with Crippen LogP contribution < -0.4 is 9.62 Å². The first-order chi connectivity index (χ1) is 18.5. The van der Waals surface area contributed by atoms with Crippen molar-refractivity contribution in [2.75, 3.05) is 24.2 Å². The molecule has 7 nitrogen and oxygen atoms in total. The van der Waals surface area contributed by atoms with Gasteiger partial charge in [-0.3, -0.25) is 13.9 Å². The smallest absolute Gasteiger partial charge is 0.242 e. The summed E-state index contributed by atoms with van der Waals surface area (Å²) >= 11 is 18.4. The molecule has 2 amide bonds. The standard InChI is InChI=1S/C28H30Cl3N3O4S/c1-32-28(36)26(17-20-7-4-3-5-8-20)33(19-21-10-11-23(30)18-25(21)31)27(35)9-6-16-34(39(2,37)38)24-14-12-22(29)13-15-24/h3-5,7-8,10-15,18,26H,6,9,16-17,19H2,1-2H3,(H,32,36)/t26-/m0/s1. The van der Waals surface area contributed by atoms with Crippen molar-refractivity contribution in [2.24, 2.45) is 0 Å². The molecule has 0 aliphatic heterocycles. The number of sulfonamides is 1. The molecule has 0 aliphatic carbocycles. The monoisotopic (exact) mass is 609 g/mol. The molecule has 3 aromatic carbocycles. The van der Waals surface area contributed by atoms with E-state index in [1.807, 2.05) is 30.3 Å². The zero-order chi connectivity index (χ0) is 28.6. The number of carbonyl (C=O) groups excluding carboxylic acids is 2. The Morgan fingerprint density at radius 2 is 1.56 bits per heavy atom. The highest BCUT2D eigenvalue weighted by Crippen LogP contribution is 2.25. The molecule has 208 valence electrons. The Morgan fingerprint density at radius 1 is 0.923 bits per heavy atom. The van der Waals surface area contributed by atoms with Gasteiger partial charge >= 0.3 is 0 Å². The Kier molecular flexibility index (Phi) is 11.1. The number of carbonyl (C=O) groups is 2. The second-order valence-corrected chi connectivity index (χ2v) is 12.2. The average molecular weight is 611 g/mol. The first-order valence-electron chi connectivity index (χ1n) is 12.2. The van der Waals surface area contributed by atoms with Crippen LogP contribution >= 0.6 is 34.8 Å². The lowest BCUT2D eigenvalue weighted by Gasteiger charge is -2.32. The summed E-state index contributed by atoms with van der Waals surface area (Å²) in [5.41, 5.74) is 1.97. The summed E-state index contributed by atoms with van der Waals surface area (Å²) in [5.74, 6) is -0.633. The van der Waals surface area contributed by atoms with E-state index in [9.17, 15) is 18.0 Å². The van der Waals surface area contributed by atoms with Gasteiger partial charge in [0.25, 0.3) is 0 Å². The topological polar surface area (TPSA) is 86.8 Å². The van der Waals surface area contributed by atoms with E-state index in [1.165, 1.54) is 16.3 Å². The van der Waals surface area contributed by atoms with Crippen molar-refractivity contribution in [1.82, 2.24) is 10.2 Å². The van der Waals surface area contributed by atoms with E-state index >= 15 is 0 Å². The van der Waals surface area contributed by atoms with Crippen LogP contribution in [0.2, 0.25) is 15.1 Å². The lowest BCUT2D eigenvalue weighted by atomic mass is 10.0. The highest BCUT2D eigenvalue weighted by molar-refractivity contribution is 7.92. The molecule has 0 spiro atoms. The van der Waals surface area contributed by atoms with E-state index in [-0.39, 0.29) is 44.2 Å². The SMILES string of the molecule is CNC(=O)[C@H](Cc1ccccc1)N(Cc1ccc(Cl)cc1Cl)C(=O)CCCN(c1ccc(Cl)cc1)S(C)(=O)=O. The van der Waals surface area contributed by atoms with Crippen LogP contribution in [-0.4, -0.2) is 51.0 Å². The molecule has 0 radical (unpaired) electrons. The van der Waals surface area contributed by atoms with Crippen molar-refractivity contribution in [3.8, 4) is 0 Å². The van der Waals surface area contributed by atoms with Crippen molar-refractivity contribution < 1.29 is 18.0 Å². The highest BCUT2D eigenvalue weighted by Gasteiger charge is 2.30. The number of benzene rings is 3. The number of hydrogen-bond acceptors (Lipinski definition) is 4. The van der Waals surface area contributed by atoms with Gasteiger partial charge in [0, 0.05) is 48.0 Å². The maximum absolute atomic E-state index is 13.7. The number of rotatable bonds is 12. The zero-order valence-corrected chi connectivity index (χ0v) is 24.7. The summed E-state index contributed by atoms with van der Waals surface area (Å²) < 4.78 is 26.2. The van der Waals surface area contributed by atoms with Crippen LogP contribution in [0.15, 0.2) is 72.8 Å². The summed E-state index contributed by atoms with van der Waals surface area (Å²) in [6, 6.07) is 20.0. The van der Waals surface area contributed by atoms with Crippen LogP contribution in [0.5, 0.6) is 0 Å². The molecule has 0 heterocycles. The molecule has 0 fully saturated rings. The molecule has 1 atom stereocenters. The van der Waals surface area contributed by atoms with Crippen molar-refractivity contribution >= 4 is 62.3 Å². The van der Waals surface area contributed by atoms with E-state index < -0.39 is 16.1 Å². The Morgan fingerprint density at radius 3 is 2.15 bits per heavy atom. The quantitative estimate of drug-likeness (QED) is 0.290. The summed E-state index contributed by atoms with van der Waals surface area (Å²) in [6.45, 7) is 0.151. The van der Waals surface area contributed by atoms with Gasteiger partial charge < -0.3 is 10.2 Å². The van der Waals surface area contributed by atoms with E-state index in [0.717, 1.165) is 11.8 Å². The normalized spacial score (nSPS) is 12.0. The summed E-state index contributed by atoms with van der Waals surface area (Å²) in [4.78, 5) is 28.2. The number of halogens is 3. The molecule has 1 N–H and O–H groups in total. The van der Waals surface area contributed by atoms with Gasteiger partial charge in [-0.05, 0) is 53.9 Å². The molecule has 0 saturated heterocycles. The van der Waals surface area contributed by atoms with Crippen molar-refractivity contribution in [3.63, 3.8) is 0 Å². The van der Waals surface area contributed by atoms with Gasteiger partial charge in [0.2, 0.25) is 21.8 Å². The van der Waals surface area contributed by atoms with Gasteiger partial charge in [0.1, 0.15) is 6.04 Å². The van der Waals surface area contributed by atoms with E-state index in [2.05, 4.69) is 5.32 Å². The molecule has 3 rings (SSSR count). The molecule has 0 aliphatic rings. The zero-order valence-electron chi connectivity index (χ0n) is 21.6. The Hall–Kier alpha value is -2.78. The molecule has 11 heteroatoms. The van der Waals surface area contributed by atoms with E-state index in [1.54, 1.807) is 42.5 Å². The van der Waals surface area contributed by atoms with Crippen LogP contribution in [0, 0.1) is 0 Å². The van der Waals surface area contributed by atoms with E-state index in [0.29, 0.717) is 26.3 Å². The Bertz CT molecular complexity index is 1390. The number of amides is 2. The molecule has 39 heavy (non-hydrogen) atoms. The second-order valence-electron chi connectivity index (χ2n) is 8.99. The lowest BCUT2D eigenvalue weighted by Crippen LogP contribution is -2.49. The highest BCUT2D eigenvalue weighted by atomic mass is 35.5. The first-order valence-corrected chi connectivity index (χ1v) is 15.2. The van der Waals surface area contributed by atoms with Gasteiger partial charge in [-0.25, -0.2) is 8.42 Å². The fraction of sp³-hybridized carbons (Fsp3) is 0.286. The fourth-order valence-corrected chi connectivity index (χ4v) is 5.72. The maximum Gasteiger partial charge on any atom is 0.242 e. The maximum atomic E-state index is 13.7. The number of hydrogen-bond donors (Lipinski definition) is 1. The van der Waals surface area contributed by atoms with Crippen LogP contribution in [0.3, 0.4) is 0 Å². The number of likely N-dealkylation sites (N-methyl/N-ethyl adjacent to an activating group) is 1. The van der Waals surface area contributed by atoms with Crippen LogP contribution in [0.1, 0.15) is 24.0 Å². The third kappa shape index (κ3) is 8.86. The predicted octanol–water partition coefficient (Wildman–Crippen LogP) is 5.58. The molecule has 3 aromatic rings. The van der Waals surface area contributed by atoms with E-state index in [4.69, 9.17) is 34.8 Å². The van der Waals surface area contributed by atoms with Crippen LogP contribution in [0.25, 0.3) is 0 Å². The number of anilines is 1. The minimum atomic E-state index is -3.61. The van der Waals surface area contributed by atoms with Crippen LogP contribution in [-0.2, 0) is 32.6 Å². The van der Waals surface area contributed by atoms with Gasteiger partial charge in [0.05, 0.1) is 11.9 Å². The van der Waals surface area contributed by atoms with Crippen molar-refractivity contribution in [3.05, 3.63) is 99.0 Å². The summed E-state index contributed by atoms with van der Waals surface area (Å²) in [6.07, 6.45) is 1.63. The predicted molar refractivity (Wildman–Crippen MR) is 158 cm³/mol. The Balaban J connectivity index is 1.86. The van der Waals surface area contributed by atoms with Gasteiger partial charge in [-0.15, -0.1) is 0 Å². The average Bonchev–Trinajstić information content (AvgIpc) is 2.89. The summed E-state index contributed by atoms with van der Waals surface area (Å²) in [5, 5.41) is 3.98. The summed E-state index contributed by atoms with van der Waals surface area (Å²) in [7, 11) is -2.09. The number of nitrogens with one attached hydrogen (secondary N) is 1. The molecular weight excluding hydrogens is 581 g/mol. The van der Waals surface area contributed by atoms with Crippen molar-refractivity contribution in [2.45, 2.75) is 31.8 Å². The molecule has 0 bridgehead atoms. The van der Waals surface area contributed by atoms with Gasteiger partial charge in [-0.2, -0.15) is 0 Å². The lowest BCUT2D eigenvalue weighted by molar-refractivity contribution is -0.141. The molecule has 0 unspecified atom stereocenters. The van der Waals surface area contributed by atoms with Crippen molar-refractivity contribution in [1.29, 1.82) is 0 Å². The molecule has 0 aromatic heterocycles. The third-order valence-electron chi connectivity index (χ3n) is 6.14. The fourth-order valence-electron chi connectivity index (χ4n) is 4.17. The number of nitrogens with zero attached hydrogens (tertiary/aromatic N) is 2.